The molecule has 2 aliphatic rings. The Hall–Kier alpha value is -0.900. The molecule has 2 fully saturated rings. The van der Waals surface area contributed by atoms with Gasteiger partial charge in [-0.1, -0.05) is 30.3 Å². The Kier molecular flexibility index (Phi) is 2.67. The van der Waals surface area contributed by atoms with Crippen molar-refractivity contribution in [3.63, 3.8) is 0 Å². The van der Waals surface area contributed by atoms with Crippen LogP contribution in [0.15, 0.2) is 30.3 Å². The quantitative estimate of drug-likeness (QED) is 0.801. The van der Waals surface area contributed by atoms with Crippen LogP contribution >= 0.6 is 0 Å². The van der Waals surface area contributed by atoms with Crippen molar-refractivity contribution in [2.75, 3.05) is 19.7 Å². The van der Waals surface area contributed by atoms with E-state index in [1.54, 1.807) is 0 Å². The average Bonchev–Trinajstić information content (AvgIpc) is 2.54. The average molecular weight is 219 g/mol. The third kappa shape index (κ3) is 1.86. The Morgan fingerprint density at radius 1 is 1.25 bits per heavy atom. The monoisotopic (exact) mass is 219 g/mol. The largest absolute Gasteiger partial charge is 0.390 e. The van der Waals surface area contributed by atoms with E-state index in [1.165, 1.54) is 5.56 Å². The number of piperidine rings is 1. The van der Waals surface area contributed by atoms with Crippen molar-refractivity contribution in [3.05, 3.63) is 35.9 Å². The molecule has 0 saturated carbocycles. The van der Waals surface area contributed by atoms with Crippen molar-refractivity contribution < 1.29 is 9.84 Å². The lowest BCUT2D eigenvalue weighted by Crippen LogP contribution is -2.47. The Morgan fingerprint density at radius 2 is 2.06 bits per heavy atom. The molecular formula is C13H17NO2. The highest BCUT2D eigenvalue weighted by Gasteiger charge is 2.41. The van der Waals surface area contributed by atoms with Gasteiger partial charge in [0.05, 0.1) is 18.8 Å². The molecule has 0 radical (unpaired) electrons. The second-order valence-electron chi connectivity index (χ2n) is 4.80. The number of aliphatic hydroxyl groups is 1. The number of hydrogen-bond acceptors (Lipinski definition) is 3. The molecule has 1 aromatic rings. The van der Waals surface area contributed by atoms with E-state index < -0.39 is 0 Å². The summed E-state index contributed by atoms with van der Waals surface area (Å²) in [6, 6.07) is 10.5. The van der Waals surface area contributed by atoms with Crippen molar-refractivity contribution in [3.8, 4) is 0 Å². The second-order valence-corrected chi connectivity index (χ2v) is 4.80. The number of rotatable bonds is 2. The van der Waals surface area contributed by atoms with E-state index in [9.17, 15) is 5.11 Å². The first kappa shape index (κ1) is 10.3. The topological polar surface area (TPSA) is 32.7 Å². The standard InChI is InChI=1S/C13H17NO2/c15-13-11-7-14(8-12(13)16-9-11)6-10-4-2-1-3-5-10/h1-5,11-13,15H,6-9H2/t11-,12-,13?/m1/s1. The van der Waals surface area contributed by atoms with E-state index >= 15 is 0 Å². The fourth-order valence-electron chi connectivity index (χ4n) is 2.70. The van der Waals surface area contributed by atoms with Crippen molar-refractivity contribution in [2.24, 2.45) is 5.92 Å². The van der Waals surface area contributed by atoms with Crippen LogP contribution in [-0.2, 0) is 11.3 Å². The minimum absolute atomic E-state index is 0.0301. The first-order valence-corrected chi connectivity index (χ1v) is 5.89. The lowest BCUT2D eigenvalue weighted by molar-refractivity contribution is -0.0105. The number of fused-ring (bicyclic) bond motifs is 2. The molecule has 1 unspecified atom stereocenters. The summed E-state index contributed by atoms with van der Waals surface area (Å²) in [5.74, 6) is 0.308. The van der Waals surface area contributed by atoms with Crippen LogP contribution in [0.3, 0.4) is 0 Å². The van der Waals surface area contributed by atoms with Crippen LogP contribution < -0.4 is 0 Å². The summed E-state index contributed by atoms with van der Waals surface area (Å²) in [4.78, 5) is 2.38. The summed E-state index contributed by atoms with van der Waals surface area (Å²) >= 11 is 0. The summed E-state index contributed by atoms with van der Waals surface area (Å²) in [5, 5.41) is 9.84. The van der Waals surface area contributed by atoms with Gasteiger partial charge in [-0.3, -0.25) is 4.90 Å². The van der Waals surface area contributed by atoms with E-state index in [4.69, 9.17) is 4.74 Å². The van der Waals surface area contributed by atoms with Crippen molar-refractivity contribution >= 4 is 0 Å². The first-order valence-electron chi connectivity index (χ1n) is 5.89. The highest BCUT2D eigenvalue weighted by Crippen LogP contribution is 2.28. The minimum Gasteiger partial charge on any atom is -0.390 e. The zero-order valence-corrected chi connectivity index (χ0v) is 9.25. The molecule has 2 bridgehead atoms. The Bertz CT molecular complexity index is 340. The Balaban J connectivity index is 1.66. The maximum atomic E-state index is 9.84. The molecule has 3 nitrogen and oxygen atoms in total. The van der Waals surface area contributed by atoms with Gasteiger partial charge in [-0.15, -0.1) is 0 Å². The molecule has 86 valence electrons. The number of hydrogen-bond donors (Lipinski definition) is 1. The normalized spacial score (nSPS) is 34.2. The molecule has 0 spiro atoms. The molecule has 3 heteroatoms. The number of benzene rings is 1. The third-order valence-electron chi connectivity index (χ3n) is 3.57. The van der Waals surface area contributed by atoms with Gasteiger partial charge in [-0.2, -0.15) is 0 Å². The van der Waals surface area contributed by atoms with Gasteiger partial charge in [0.1, 0.15) is 0 Å². The molecule has 2 saturated heterocycles. The van der Waals surface area contributed by atoms with E-state index in [0.717, 1.165) is 26.2 Å². The molecule has 16 heavy (non-hydrogen) atoms. The van der Waals surface area contributed by atoms with Crippen LogP contribution in [0.5, 0.6) is 0 Å². The maximum Gasteiger partial charge on any atom is 0.0964 e. The summed E-state index contributed by atoms with van der Waals surface area (Å²) < 4.78 is 5.57. The molecular weight excluding hydrogens is 202 g/mol. The molecule has 0 amide bonds. The number of aliphatic hydroxyl groups excluding tert-OH is 1. The van der Waals surface area contributed by atoms with E-state index in [0.29, 0.717) is 5.92 Å². The van der Waals surface area contributed by atoms with Gasteiger partial charge in [0.15, 0.2) is 0 Å². The van der Waals surface area contributed by atoms with E-state index in [1.807, 2.05) is 6.07 Å². The van der Waals surface area contributed by atoms with Gasteiger partial charge in [0.2, 0.25) is 0 Å². The van der Waals surface area contributed by atoms with E-state index in [-0.39, 0.29) is 12.2 Å². The SMILES string of the molecule is OC1[C@H]2CO[C@@H]1CN(Cc1ccccc1)C2. The van der Waals surface area contributed by atoms with Crippen LogP contribution in [0.4, 0.5) is 0 Å². The van der Waals surface area contributed by atoms with Crippen molar-refractivity contribution in [2.45, 2.75) is 18.8 Å². The van der Waals surface area contributed by atoms with Crippen LogP contribution in [0.2, 0.25) is 0 Å². The van der Waals surface area contributed by atoms with Crippen molar-refractivity contribution in [1.82, 2.24) is 4.90 Å². The highest BCUT2D eigenvalue weighted by atomic mass is 16.5. The molecule has 2 aliphatic heterocycles. The van der Waals surface area contributed by atoms with Gasteiger partial charge in [-0.05, 0) is 5.56 Å². The van der Waals surface area contributed by atoms with E-state index in [2.05, 4.69) is 29.2 Å². The Labute approximate surface area is 95.6 Å². The lowest BCUT2D eigenvalue weighted by Gasteiger charge is -2.33. The molecule has 3 atom stereocenters. The predicted molar refractivity (Wildman–Crippen MR) is 61.0 cm³/mol. The predicted octanol–water partition coefficient (Wildman–Crippen LogP) is 0.878. The highest BCUT2D eigenvalue weighted by molar-refractivity contribution is 5.14. The zero-order valence-electron chi connectivity index (χ0n) is 9.25. The summed E-state index contributed by atoms with van der Waals surface area (Å²) in [6.07, 6.45) is -0.213. The molecule has 1 aromatic carbocycles. The van der Waals surface area contributed by atoms with Gasteiger partial charge in [0, 0.05) is 25.6 Å². The van der Waals surface area contributed by atoms with Crippen LogP contribution in [0.25, 0.3) is 0 Å². The molecule has 3 rings (SSSR count). The van der Waals surface area contributed by atoms with Crippen molar-refractivity contribution in [1.29, 1.82) is 0 Å². The fraction of sp³-hybridized carbons (Fsp3) is 0.538. The maximum absolute atomic E-state index is 9.84. The van der Waals surface area contributed by atoms with Gasteiger partial charge in [-0.25, -0.2) is 0 Å². The summed E-state index contributed by atoms with van der Waals surface area (Å²) in [7, 11) is 0. The van der Waals surface area contributed by atoms with Gasteiger partial charge >= 0.3 is 0 Å². The van der Waals surface area contributed by atoms with Crippen LogP contribution in [0, 0.1) is 5.92 Å². The smallest absolute Gasteiger partial charge is 0.0964 e. The molecule has 0 aliphatic carbocycles. The zero-order chi connectivity index (χ0) is 11.0. The lowest BCUT2D eigenvalue weighted by atomic mass is 9.96. The second kappa shape index (κ2) is 4.17. The fourth-order valence-corrected chi connectivity index (χ4v) is 2.70. The summed E-state index contributed by atoms with van der Waals surface area (Å²) in [5.41, 5.74) is 1.33. The third-order valence-corrected chi connectivity index (χ3v) is 3.57. The Morgan fingerprint density at radius 3 is 2.81 bits per heavy atom. The summed E-state index contributed by atoms with van der Waals surface area (Å²) in [6.45, 7) is 3.49. The number of nitrogens with zero attached hydrogens (tertiary/aromatic N) is 1. The molecule has 1 N–H and O–H groups in total. The first-order chi connectivity index (χ1) is 7.83. The minimum atomic E-state index is -0.243. The number of likely N-dealkylation sites (tertiary alicyclic amines) is 1. The van der Waals surface area contributed by atoms with Crippen LogP contribution in [0.1, 0.15) is 5.56 Å². The molecule has 2 heterocycles. The van der Waals surface area contributed by atoms with Gasteiger partial charge in [0.25, 0.3) is 0 Å². The van der Waals surface area contributed by atoms with Crippen LogP contribution in [-0.4, -0.2) is 41.9 Å². The number of ether oxygens (including phenoxy) is 1. The molecule has 0 aromatic heterocycles. The van der Waals surface area contributed by atoms with Gasteiger partial charge < -0.3 is 9.84 Å².